The van der Waals surface area contributed by atoms with Crippen LogP contribution in [0.25, 0.3) is 0 Å². The van der Waals surface area contributed by atoms with E-state index in [4.69, 9.17) is 5.11 Å². The van der Waals surface area contributed by atoms with Crippen LogP contribution in [0, 0.1) is 0 Å². The molecule has 14 heavy (non-hydrogen) atoms. The van der Waals surface area contributed by atoms with E-state index in [2.05, 4.69) is 0 Å². The van der Waals surface area contributed by atoms with Gasteiger partial charge in [-0.3, -0.25) is 4.90 Å². The van der Waals surface area contributed by atoms with Gasteiger partial charge in [0, 0.05) is 12.6 Å². The van der Waals surface area contributed by atoms with E-state index in [1.54, 1.807) is 4.90 Å². The van der Waals surface area contributed by atoms with E-state index in [0.29, 0.717) is 6.54 Å². The molecular weight excluding hydrogens is 195 g/mol. The Labute approximate surface area is 81.7 Å². The summed E-state index contributed by atoms with van der Waals surface area (Å²) in [6, 6.07) is 0.270. The average molecular weight is 211 g/mol. The Hall–Kier alpha value is -0.290. The number of halogens is 3. The van der Waals surface area contributed by atoms with Crippen molar-refractivity contribution in [3.05, 3.63) is 0 Å². The summed E-state index contributed by atoms with van der Waals surface area (Å²) in [7, 11) is 0. The Balaban J connectivity index is 2.38. The third-order valence-corrected chi connectivity index (χ3v) is 2.36. The fourth-order valence-corrected chi connectivity index (χ4v) is 1.48. The van der Waals surface area contributed by atoms with Gasteiger partial charge >= 0.3 is 6.18 Å². The standard InChI is InChI=1S/C9H16F3NO/c1-2-5-13(7-3-4-7)6-8(14)9(10,11)12/h7-8,14H,2-6H2,1H3. The molecule has 84 valence electrons. The minimum absolute atomic E-state index is 0.270. The highest BCUT2D eigenvalue weighted by Gasteiger charge is 2.41. The van der Waals surface area contributed by atoms with Gasteiger partial charge in [0.1, 0.15) is 0 Å². The first kappa shape index (κ1) is 11.8. The molecule has 0 aromatic heterocycles. The van der Waals surface area contributed by atoms with Crippen LogP contribution in [0.2, 0.25) is 0 Å². The second kappa shape index (κ2) is 4.49. The van der Waals surface area contributed by atoms with Crippen molar-refractivity contribution in [1.82, 2.24) is 4.90 Å². The van der Waals surface area contributed by atoms with Crippen LogP contribution < -0.4 is 0 Å². The van der Waals surface area contributed by atoms with Crippen LogP contribution in [0.15, 0.2) is 0 Å². The Morgan fingerprint density at radius 1 is 1.43 bits per heavy atom. The van der Waals surface area contributed by atoms with Gasteiger partial charge in [-0.15, -0.1) is 0 Å². The van der Waals surface area contributed by atoms with E-state index in [1.807, 2.05) is 6.92 Å². The van der Waals surface area contributed by atoms with E-state index >= 15 is 0 Å². The highest BCUT2D eigenvalue weighted by molar-refractivity contribution is 4.86. The van der Waals surface area contributed by atoms with Gasteiger partial charge in [0.05, 0.1) is 0 Å². The van der Waals surface area contributed by atoms with Gasteiger partial charge in [0.2, 0.25) is 0 Å². The van der Waals surface area contributed by atoms with Gasteiger partial charge in [-0.05, 0) is 25.8 Å². The lowest BCUT2D eigenvalue weighted by atomic mass is 10.3. The predicted molar refractivity (Wildman–Crippen MR) is 46.9 cm³/mol. The van der Waals surface area contributed by atoms with Crippen LogP contribution in [0.1, 0.15) is 26.2 Å². The zero-order valence-electron chi connectivity index (χ0n) is 8.22. The van der Waals surface area contributed by atoms with Crippen LogP contribution >= 0.6 is 0 Å². The molecule has 0 spiro atoms. The van der Waals surface area contributed by atoms with Gasteiger partial charge in [0.15, 0.2) is 6.10 Å². The van der Waals surface area contributed by atoms with Crippen LogP contribution in [-0.4, -0.2) is 41.4 Å². The minimum Gasteiger partial charge on any atom is -0.382 e. The molecule has 0 heterocycles. The maximum absolute atomic E-state index is 12.1. The van der Waals surface area contributed by atoms with Crippen molar-refractivity contribution in [1.29, 1.82) is 0 Å². The summed E-state index contributed by atoms with van der Waals surface area (Å²) in [5.41, 5.74) is 0. The van der Waals surface area contributed by atoms with Gasteiger partial charge in [0.25, 0.3) is 0 Å². The smallest absolute Gasteiger partial charge is 0.382 e. The fourth-order valence-electron chi connectivity index (χ4n) is 1.48. The highest BCUT2D eigenvalue weighted by Crippen LogP contribution is 2.29. The molecular formula is C9H16F3NO. The Morgan fingerprint density at radius 2 is 2.00 bits per heavy atom. The lowest BCUT2D eigenvalue weighted by Crippen LogP contribution is -2.42. The van der Waals surface area contributed by atoms with E-state index in [-0.39, 0.29) is 12.6 Å². The first-order chi connectivity index (χ1) is 6.45. The molecule has 2 nitrogen and oxygen atoms in total. The first-order valence-corrected chi connectivity index (χ1v) is 4.94. The molecule has 0 aromatic carbocycles. The summed E-state index contributed by atoms with van der Waals surface area (Å²) in [6.45, 7) is 2.29. The summed E-state index contributed by atoms with van der Waals surface area (Å²) in [5, 5.41) is 8.89. The number of aliphatic hydroxyl groups excluding tert-OH is 1. The molecule has 0 saturated heterocycles. The maximum Gasteiger partial charge on any atom is 0.415 e. The van der Waals surface area contributed by atoms with Crippen LogP contribution in [0.3, 0.4) is 0 Å². The van der Waals surface area contributed by atoms with E-state index < -0.39 is 12.3 Å². The lowest BCUT2D eigenvalue weighted by molar-refractivity contribution is -0.208. The lowest BCUT2D eigenvalue weighted by Gasteiger charge is -2.25. The van der Waals surface area contributed by atoms with Crippen LogP contribution in [0.5, 0.6) is 0 Å². The molecule has 1 unspecified atom stereocenters. The molecule has 1 N–H and O–H groups in total. The largest absolute Gasteiger partial charge is 0.415 e. The second-order valence-electron chi connectivity index (χ2n) is 3.78. The molecule has 1 aliphatic rings. The van der Waals surface area contributed by atoms with Crippen molar-refractivity contribution in [2.24, 2.45) is 0 Å². The highest BCUT2D eigenvalue weighted by atomic mass is 19.4. The summed E-state index contributed by atoms with van der Waals surface area (Å²) >= 11 is 0. The molecule has 1 fully saturated rings. The van der Waals surface area contributed by atoms with Gasteiger partial charge < -0.3 is 5.11 Å². The van der Waals surface area contributed by atoms with Gasteiger partial charge in [-0.25, -0.2) is 0 Å². The summed E-state index contributed by atoms with van der Waals surface area (Å²) < 4.78 is 36.2. The van der Waals surface area contributed by atoms with E-state index in [0.717, 1.165) is 19.3 Å². The zero-order chi connectivity index (χ0) is 10.8. The normalized spacial score (nSPS) is 20.1. The first-order valence-electron chi connectivity index (χ1n) is 4.94. The topological polar surface area (TPSA) is 23.5 Å². The third kappa shape index (κ3) is 3.46. The molecule has 0 amide bonds. The van der Waals surface area contributed by atoms with Gasteiger partial charge in [-0.1, -0.05) is 6.92 Å². The number of hydrogen-bond donors (Lipinski definition) is 1. The van der Waals surface area contributed by atoms with Crippen molar-refractivity contribution in [3.8, 4) is 0 Å². The monoisotopic (exact) mass is 211 g/mol. The summed E-state index contributed by atoms with van der Waals surface area (Å²) in [6.07, 6.45) is -3.94. The summed E-state index contributed by atoms with van der Waals surface area (Å²) in [5.74, 6) is 0. The van der Waals surface area contributed by atoms with Gasteiger partial charge in [-0.2, -0.15) is 13.2 Å². The van der Waals surface area contributed by atoms with Crippen molar-refractivity contribution in [3.63, 3.8) is 0 Å². The number of rotatable bonds is 5. The number of nitrogens with zero attached hydrogens (tertiary/aromatic N) is 1. The van der Waals surface area contributed by atoms with E-state index in [1.165, 1.54) is 0 Å². The molecule has 0 aliphatic heterocycles. The Kier molecular flexibility index (Phi) is 3.78. The predicted octanol–water partition coefficient (Wildman–Crippen LogP) is 1.78. The fraction of sp³-hybridized carbons (Fsp3) is 1.00. The molecule has 0 aromatic rings. The molecule has 0 radical (unpaired) electrons. The van der Waals surface area contributed by atoms with Crippen molar-refractivity contribution < 1.29 is 18.3 Å². The molecule has 5 heteroatoms. The Bertz CT molecular complexity index is 179. The van der Waals surface area contributed by atoms with Crippen LogP contribution in [-0.2, 0) is 0 Å². The van der Waals surface area contributed by atoms with Crippen molar-refractivity contribution in [2.45, 2.75) is 44.5 Å². The Morgan fingerprint density at radius 3 is 2.36 bits per heavy atom. The molecule has 1 atom stereocenters. The molecule has 0 bridgehead atoms. The molecule has 1 rings (SSSR count). The quantitative estimate of drug-likeness (QED) is 0.749. The van der Waals surface area contributed by atoms with Crippen LogP contribution in [0.4, 0.5) is 13.2 Å². The third-order valence-electron chi connectivity index (χ3n) is 2.36. The molecule has 1 aliphatic carbocycles. The molecule has 1 saturated carbocycles. The maximum atomic E-state index is 12.1. The van der Waals surface area contributed by atoms with E-state index in [9.17, 15) is 13.2 Å². The number of hydrogen-bond acceptors (Lipinski definition) is 2. The minimum atomic E-state index is -4.49. The average Bonchev–Trinajstić information content (AvgIpc) is 2.83. The number of aliphatic hydroxyl groups is 1. The zero-order valence-corrected chi connectivity index (χ0v) is 8.22. The number of alkyl halides is 3. The summed E-state index contributed by atoms with van der Waals surface area (Å²) in [4.78, 5) is 1.73. The van der Waals surface area contributed by atoms with Crippen molar-refractivity contribution in [2.75, 3.05) is 13.1 Å². The van der Waals surface area contributed by atoms with Crippen molar-refractivity contribution >= 4 is 0 Å². The SMILES string of the molecule is CCCN(CC(O)C(F)(F)F)C1CC1. The second-order valence-corrected chi connectivity index (χ2v) is 3.78.